The second kappa shape index (κ2) is 9.31. The molecule has 1 fully saturated rings. The Morgan fingerprint density at radius 2 is 1.64 bits per heavy atom. The maximum atomic E-state index is 13.0. The van der Waals surface area contributed by atoms with Gasteiger partial charge in [0.2, 0.25) is 15.9 Å². The Kier molecular flexibility index (Phi) is 6.25. The van der Waals surface area contributed by atoms with E-state index in [4.69, 9.17) is 0 Å². The molecule has 33 heavy (non-hydrogen) atoms. The van der Waals surface area contributed by atoms with Gasteiger partial charge >= 0.3 is 0 Å². The molecule has 0 atom stereocenters. The molecule has 1 aromatic heterocycles. The maximum Gasteiger partial charge on any atom is 0.243 e. The number of para-hydroxylation sites is 1. The summed E-state index contributed by atoms with van der Waals surface area (Å²) in [6.07, 6.45) is 5.93. The van der Waals surface area contributed by atoms with E-state index in [1.54, 1.807) is 16.4 Å². The first kappa shape index (κ1) is 22.2. The summed E-state index contributed by atoms with van der Waals surface area (Å²) in [4.78, 5) is 18.7. The number of carbonyl (C=O) groups is 1. The number of H-pyrrole nitrogens is 1. The molecule has 3 aromatic rings. The van der Waals surface area contributed by atoms with Gasteiger partial charge in [0.1, 0.15) is 0 Å². The molecule has 2 aromatic carbocycles. The molecule has 1 N–H and O–H groups in total. The van der Waals surface area contributed by atoms with Gasteiger partial charge in [0.15, 0.2) is 0 Å². The van der Waals surface area contributed by atoms with Crippen LogP contribution in [0.2, 0.25) is 0 Å². The fourth-order valence-electron chi connectivity index (χ4n) is 5.05. The monoisotopic (exact) mass is 465 g/mol. The maximum absolute atomic E-state index is 13.0. The molecule has 5 rings (SSSR count). The minimum atomic E-state index is -3.44. The number of nitrogens with one attached hydrogen (secondary N) is 1. The lowest BCUT2D eigenvalue weighted by Crippen LogP contribution is -2.35. The lowest BCUT2D eigenvalue weighted by molar-refractivity contribution is -0.132. The molecule has 174 valence electrons. The molecule has 0 spiro atoms. The van der Waals surface area contributed by atoms with E-state index in [0.29, 0.717) is 37.4 Å². The van der Waals surface area contributed by atoms with Crippen LogP contribution in [0, 0.1) is 0 Å². The third kappa shape index (κ3) is 4.57. The van der Waals surface area contributed by atoms with Crippen molar-refractivity contribution in [2.45, 2.75) is 56.4 Å². The lowest BCUT2D eigenvalue weighted by atomic mass is 10.0. The van der Waals surface area contributed by atoms with E-state index in [-0.39, 0.29) is 5.91 Å². The van der Waals surface area contributed by atoms with Crippen LogP contribution in [-0.4, -0.2) is 48.1 Å². The van der Waals surface area contributed by atoms with Gasteiger partial charge in [0.05, 0.1) is 4.90 Å². The van der Waals surface area contributed by atoms with Gasteiger partial charge in [-0.05, 0) is 43.0 Å². The molecule has 2 aliphatic heterocycles. The standard InChI is InChI=1S/C26H31N3O3S/c30-26(28-18-15-25-23(19-28)22-7-3-4-8-24(22)27-25)14-11-20-9-12-21(13-10-20)33(31,32)29-16-5-1-2-6-17-29/h3-4,7-10,12-13,27H,1-2,5-6,11,14-19H2. The molecule has 1 amide bonds. The zero-order valence-electron chi connectivity index (χ0n) is 18.9. The summed E-state index contributed by atoms with van der Waals surface area (Å²) in [6, 6.07) is 15.3. The molecule has 0 bridgehead atoms. The number of benzene rings is 2. The minimum Gasteiger partial charge on any atom is -0.358 e. The zero-order valence-corrected chi connectivity index (χ0v) is 19.7. The molecule has 1 saturated heterocycles. The molecule has 2 aliphatic rings. The van der Waals surface area contributed by atoms with Gasteiger partial charge < -0.3 is 9.88 Å². The SMILES string of the molecule is O=C(CCc1ccc(S(=O)(=O)N2CCCCCC2)cc1)N1CCc2[nH]c3ccccc3c2C1. The normalized spacial score (nSPS) is 17.6. The first-order valence-electron chi connectivity index (χ1n) is 12.0. The molecular formula is C26H31N3O3S. The van der Waals surface area contributed by atoms with Crippen LogP contribution >= 0.6 is 0 Å². The molecule has 0 unspecified atom stereocenters. The number of aryl methyl sites for hydroxylation is 1. The number of fused-ring (bicyclic) bond motifs is 3. The van der Waals surface area contributed by atoms with Gasteiger partial charge in [-0.2, -0.15) is 4.31 Å². The molecule has 0 aliphatic carbocycles. The zero-order chi connectivity index (χ0) is 22.8. The summed E-state index contributed by atoms with van der Waals surface area (Å²) in [5.74, 6) is 0.146. The molecule has 0 saturated carbocycles. The van der Waals surface area contributed by atoms with Crippen LogP contribution in [0.15, 0.2) is 53.4 Å². The molecule has 7 heteroatoms. The number of nitrogens with zero attached hydrogens (tertiary/aromatic N) is 2. The third-order valence-corrected chi connectivity index (χ3v) is 8.90. The van der Waals surface area contributed by atoms with E-state index < -0.39 is 10.0 Å². The predicted octanol–water partition coefficient (Wildman–Crippen LogP) is 4.25. The number of aromatic amines is 1. The van der Waals surface area contributed by atoms with Crippen molar-refractivity contribution in [1.29, 1.82) is 0 Å². The first-order chi connectivity index (χ1) is 16.0. The smallest absolute Gasteiger partial charge is 0.243 e. The Balaban J connectivity index is 1.21. The van der Waals surface area contributed by atoms with E-state index in [2.05, 4.69) is 17.1 Å². The molecule has 6 nitrogen and oxygen atoms in total. The quantitative estimate of drug-likeness (QED) is 0.612. The second-order valence-corrected chi connectivity index (χ2v) is 11.1. The van der Waals surface area contributed by atoms with E-state index in [1.807, 2.05) is 29.2 Å². The highest BCUT2D eigenvalue weighted by molar-refractivity contribution is 7.89. The van der Waals surface area contributed by atoms with Gasteiger partial charge in [-0.3, -0.25) is 4.79 Å². The van der Waals surface area contributed by atoms with Crippen molar-refractivity contribution in [1.82, 2.24) is 14.2 Å². The summed E-state index contributed by atoms with van der Waals surface area (Å²) in [5.41, 5.74) is 4.59. The highest BCUT2D eigenvalue weighted by atomic mass is 32.2. The van der Waals surface area contributed by atoms with Gasteiger partial charge in [-0.1, -0.05) is 43.2 Å². The van der Waals surface area contributed by atoms with Gasteiger partial charge in [0, 0.05) is 61.2 Å². The average Bonchev–Trinajstić information content (AvgIpc) is 2.99. The number of hydrogen-bond donors (Lipinski definition) is 1. The number of amides is 1. The van der Waals surface area contributed by atoms with E-state index in [1.165, 1.54) is 16.6 Å². The number of rotatable bonds is 5. The van der Waals surface area contributed by atoms with Gasteiger partial charge in [-0.15, -0.1) is 0 Å². The van der Waals surface area contributed by atoms with Crippen LogP contribution in [0.1, 0.15) is 48.9 Å². The fraction of sp³-hybridized carbons (Fsp3) is 0.423. The molecular weight excluding hydrogens is 434 g/mol. The van der Waals surface area contributed by atoms with Crippen molar-refractivity contribution in [3.8, 4) is 0 Å². The largest absolute Gasteiger partial charge is 0.358 e. The number of sulfonamides is 1. The molecule has 0 radical (unpaired) electrons. The van der Waals surface area contributed by atoms with E-state index in [0.717, 1.165) is 49.7 Å². The van der Waals surface area contributed by atoms with Crippen LogP contribution < -0.4 is 0 Å². The lowest BCUT2D eigenvalue weighted by Gasteiger charge is -2.27. The average molecular weight is 466 g/mol. The van der Waals surface area contributed by atoms with Crippen molar-refractivity contribution >= 4 is 26.8 Å². The fourth-order valence-corrected chi connectivity index (χ4v) is 6.57. The van der Waals surface area contributed by atoms with Gasteiger partial charge in [0.25, 0.3) is 0 Å². The Bertz CT molecular complexity index is 1240. The van der Waals surface area contributed by atoms with Crippen molar-refractivity contribution in [3.63, 3.8) is 0 Å². The number of carbonyl (C=O) groups excluding carboxylic acids is 1. The van der Waals surface area contributed by atoms with Crippen LogP contribution in [-0.2, 0) is 34.2 Å². The van der Waals surface area contributed by atoms with Crippen molar-refractivity contribution in [3.05, 3.63) is 65.4 Å². The highest BCUT2D eigenvalue weighted by Crippen LogP contribution is 2.28. The first-order valence-corrected chi connectivity index (χ1v) is 13.4. The number of hydrogen-bond acceptors (Lipinski definition) is 3. The van der Waals surface area contributed by atoms with Crippen LogP contribution in [0.5, 0.6) is 0 Å². The third-order valence-electron chi connectivity index (χ3n) is 6.99. The summed E-state index contributed by atoms with van der Waals surface area (Å²) in [5, 5.41) is 1.20. The predicted molar refractivity (Wildman–Crippen MR) is 129 cm³/mol. The summed E-state index contributed by atoms with van der Waals surface area (Å²) < 4.78 is 27.5. The summed E-state index contributed by atoms with van der Waals surface area (Å²) in [6.45, 7) is 2.58. The van der Waals surface area contributed by atoms with Crippen molar-refractivity contribution in [2.75, 3.05) is 19.6 Å². The van der Waals surface area contributed by atoms with E-state index >= 15 is 0 Å². The van der Waals surface area contributed by atoms with Crippen LogP contribution in [0.25, 0.3) is 10.9 Å². The van der Waals surface area contributed by atoms with Crippen molar-refractivity contribution in [2.24, 2.45) is 0 Å². The topological polar surface area (TPSA) is 73.5 Å². The Morgan fingerprint density at radius 3 is 2.39 bits per heavy atom. The number of aromatic nitrogens is 1. The second-order valence-electron chi connectivity index (χ2n) is 9.16. The molecule has 3 heterocycles. The Hall–Kier alpha value is -2.64. The summed E-state index contributed by atoms with van der Waals surface area (Å²) in [7, 11) is -3.44. The van der Waals surface area contributed by atoms with Crippen molar-refractivity contribution < 1.29 is 13.2 Å². The highest BCUT2D eigenvalue weighted by Gasteiger charge is 2.26. The van der Waals surface area contributed by atoms with E-state index in [9.17, 15) is 13.2 Å². The Morgan fingerprint density at radius 1 is 0.909 bits per heavy atom. The van der Waals surface area contributed by atoms with Crippen LogP contribution in [0.4, 0.5) is 0 Å². The Labute approximate surface area is 195 Å². The van der Waals surface area contributed by atoms with Crippen LogP contribution in [0.3, 0.4) is 0 Å². The minimum absolute atomic E-state index is 0.146. The summed E-state index contributed by atoms with van der Waals surface area (Å²) >= 11 is 0. The van der Waals surface area contributed by atoms with Gasteiger partial charge in [-0.25, -0.2) is 8.42 Å².